The predicted molar refractivity (Wildman–Crippen MR) is 86.3 cm³/mol. The summed E-state index contributed by atoms with van der Waals surface area (Å²) in [6.45, 7) is 13.3. The number of hydrogen-bond acceptors (Lipinski definition) is 1. The van der Waals surface area contributed by atoms with Gasteiger partial charge in [-0.05, 0) is 42.2 Å². The lowest BCUT2D eigenvalue weighted by Crippen LogP contribution is -2.11. The smallest absolute Gasteiger partial charge is 0.0465 e. The zero-order valence-corrected chi connectivity index (χ0v) is 13.4. The van der Waals surface area contributed by atoms with Crippen LogP contribution in [0.3, 0.4) is 0 Å². The summed E-state index contributed by atoms with van der Waals surface area (Å²) >= 11 is 0. The molecular weight excluding hydrogens is 230 g/mol. The summed E-state index contributed by atoms with van der Waals surface area (Å²) < 4.78 is 0. The van der Waals surface area contributed by atoms with E-state index in [0.29, 0.717) is 12.0 Å². The Labute approximate surface area is 119 Å². The van der Waals surface area contributed by atoms with E-state index in [-0.39, 0.29) is 5.41 Å². The monoisotopic (exact) mass is 259 g/mol. The molecule has 0 N–H and O–H groups in total. The molecule has 0 saturated carbocycles. The molecule has 0 aliphatic rings. The highest BCUT2D eigenvalue weighted by atomic mass is 14.7. The summed E-state index contributed by atoms with van der Waals surface area (Å²) in [5.74, 6) is 0.509. The van der Waals surface area contributed by atoms with Gasteiger partial charge in [-0.3, -0.25) is 4.99 Å². The summed E-state index contributed by atoms with van der Waals surface area (Å²) in [6, 6.07) is 9.48. The van der Waals surface area contributed by atoms with Crippen molar-refractivity contribution in [2.75, 3.05) is 0 Å². The summed E-state index contributed by atoms with van der Waals surface area (Å²) in [5, 5.41) is 0. The highest BCUT2D eigenvalue weighted by molar-refractivity contribution is 5.61. The topological polar surface area (TPSA) is 12.4 Å². The zero-order valence-electron chi connectivity index (χ0n) is 13.4. The molecule has 0 aliphatic carbocycles. The van der Waals surface area contributed by atoms with E-state index in [1.165, 1.54) is 11.1 Å². The van der Waals surface area contributed by atoms with E-state index in [0.717, 1.165) is 12.8 Å². The van der Waals surface area contributed by atoms with E-state index in [1.807, 2.05) is 0 Å². The molecule has 0 radical (unpaired) electrons. The molecule has 2 unspecified atom stereocenters. The second-order valence-corrected chi connectivity index (χ2v) is 6.68. The maximum atomic E-state index is 4.57. The first-order valence-corrected chi connectivity index (χ1v) is 7.45. The van der Waals surface area contributed by atoms with Crippen molar-refractivity contribution in [1.82, 2.24) is 0 Å². The van der Waals surface area contributed by atoms with Gasteiger partial charge in [0.15, 0.2) is 0 Å². The molecular formula is C18H29N. The Kier molecular flexibility index (Phi) is 5.78. The van der Waals surface area contributed by atoms with Crippen LogP contribution in [0.15, 0.2) is 29.3 Å². The van der Waals surface area contributed by atoms with Gasteiger partial charge in [-0.1, -0.05) is 58.9 Å². The molecule has 0 aromatic heterocycles. The Morgan fingerprint density at radius 1 is 1.11 bits per heavy atom. The van der Waals surface area contributed by atoms with Crippen molar-refractivity contribution in [3.05, 3.63) is 35.4 Å². The Bertz CT molecular complexity index is 395. The summed E-state index contributed by atoms with van der Waals surface area (Å²) in [6.07, 6.45) is 4.31. The van der Waals surface area contributed by atoms with Gasteiger partial charge in [-0.2, -0.15) is 0 Å². The molecule has 19 heavy (non-hydrogen) atoms. The van der Waals surface area contributed by atoms with E-state index in [4.69, 9.17) is 0 Å². The Balaban J connectivity index is 2.61. The van der Waals surface area contributed by atoms with E-state index in [2.05, 4.69) is 77.0 Å². The molecule has 0 heterocycles. The summed E-state index contributed by atoms with van der Waals surface area (Å²) in [5.41, 5.74) is 3.04. The van der Waals surface area contributed by atoms with Crippen molar-refractivity contribution in [2.45, 2.75) is 65.8 Å². The third-order valence-electron chi connectivity index (χ3n) is 3.56. The molecule has 1 aromatic carbocycles. The van der Waals surface area contributed by atoms with Crippen LogP contribution in [0.1, 0.15) is 59.1 Å². The lowest BCUT2D eigenvalue weighted by atomic mass is 9.86. The fraction of sp³-hybridized carbons (Fsp3) is 0.611. The van der Waals surface area contributed by atoms with Gasteiger partial charge in [0.2, 0.25) is 0 Å². The van der Waals surface area contributed by atoms with Crippen LogP contribution in [0, 0.1) is 5.92 Å². The molecule has 1 heteroatoms. The average Bonchev–Trinajstić information content (AvgIpc) is 2.35. The van der Waals surface area contributed by atoms with Crippen LogP contribution >= 0.6 is 0 Å². The fourth-order valence-electron chi connectivity index (χ4n) is 1.96. The van der Waals surface area contributed by atoms with Gasteiger partial charge in [0, 0.05) is 12.3 Å². The maximum Gasteiger partial charge on any atom is 0.0465 e. The first-order valence-electron chi connectivity index (χ1n) is 7.45. The number of benzene rings is 1. The van der Waals surface area contributed by atoms with Crippen LogP contribution in [0.5, 0.6) is 0 Å². The van der Waals surface area contributed by atoms with Crippen molar-refractivity contribution >= 4 is 6.21 Å². The number of nitrogens with zero attached hydrogens (tertiary/aromatic N) is 1. The van der Waals surface area contributed by atoms with E-state index >= 15 is 0 Å². The third-order valence-corrected chi connectivity index (χ3v) is 3.56. The lowest BCUT2D eigenvalue weighted by Gasteiger charge is -2.19. The molecule has 1 rings (SSSR count). The van der Waals surface area contributed by atoms with Crippen LogP contribution in [0.4, 0.5) is 0 Å². The van der Waals surface area contributed by atoms with Gasteiger partial charge in [0.05, 0.1) is 0 Å². The highest BCUT2D eigenvalue weighted by Crippen LogP contribution is 2.22. The quantitative estimate of drug-likeness (QED) is 0.657. The predicted octanol–water partition coefficient (Wildman–Crippen LogP) is 5.03. The molecule has 0 aliphatic heterocycles. The van der Waals surface area contributed by atoms with E-state index in [1.54, 1.807) is 0 Å². The van der Waals surface area contributed by atoms with Crippen molar-refractivity contribution in [3.8, 4) is 0 Å². The molecule has 1 nitrogen and oxygen atoms in total. The summed E-state index contributed by atoms with van der Waals surface area (Å²) in [7, 11) is 0. The van der Waals surface area contributed by atoms with Crippen LogP contribution in [0.2, 0.25) is 0 Å². The fourth-order valence-corrected chi connectivity index (χ4v) is 1.96. The molecule has 106 valence electrons. The van der Waals surface area contributed by atoms with Gasteiger partial charge in [-0.25, -0.2) is 0 Å². The largest absolute Gasteiger partial charge is 0.294 e. The van der Waals surface area contributed by atoms with Gasteiger partial charge in [0.25, 0.3) is 0 Å². The first-order chi connectivity index (χ1) is 8.82. The number of hydrogen-bond donors (Lipinski definition) is 0. The van der Waals surface area contributed by atoms with Crippen molar-refractivity contribution in [3.63, 3.8) is 0 Å². The minimum absolute atomic E-state index is 0.238. The van der Waals surface area contributed by atoms with Crippen LogP contribution in [-0.4, -0.2) is 12.3 Å². The van der Waals surface area contributed by atoms with Gasteiger partial charge >= 0.3 is 0 Å². The van der Waals surface area contributed by atoms with Crippen molar-refractivity contribution in [2.24, 2.45) is 10.9 Å². The van der Waals surface area contributed by atoms with E-state index < -0.39 is 0 Å². The van der Waals surface area contributed by atoms with Gasteiger partial charge < -0.3 is 0 Å². The molecule has 0 spiro atoms. The maximum absolute atomic E-state index is 4.57. The van der Waals surface area contributed by atoms with Gasteiger partial charge in [0.1, 0.15) is 0 Å². The minimum atomic E-state index is 0.238. The minimum Gasteiger partial charge on any atom is -0.294 e. The third kappa shape index (κ3) is 5.59. The molecule has 0 saturated heterocycles. The molecule has 0 bridgehead atoms. The summed E-state index contributed by atoms with van der Waals surface area (Å²) in [4.78, 5) is 4.57. The average molecular weight is 259 g/mol. The van der Waals surface area contributed by atoms with Crippen molar-refractivity contribution in [1.29, 1.82) is 0 Å². The molecule has 0 amide bonds. The second kappa shape index (κ2) is 6.88. The zero-order chi connectivity index (χ0) is 14.5. The van der Waals surface area contributed by atoms with Crippen LogP contribution in [-0.2, 0) is 11.8 Å². The van der Waals surface area contributed by atoms with E-state index in [9.17, 15) is 0 Å². The SMILES string of the molecule is CCC(C)N=CC(C)Cc1ccc(C(C)(C)C)cc1. The molecule has 2 atom stereocenters. The standard InChI is InChI=1S/C18H29N/c1-7-15(3)19-13-14(2)12-16-8-10-17(11-9-16)18(4,5)6/h8-11,13-15H,7,12H2,1-6H3. The Hall–Kier alpha value is -1.11. The van der Waals surface area contributed by atoms with Crippen LogP contribution in [0.25, 0.3) is 0 Å². The first kappa shape index (κ1) is 15.9. The number of rotatable bonds is 5. The highest BCUT2D eigenvalue weighted by Gasteiger charge is 2.13. The molecule has 1 aromatic rings. The Morgan fingerprint density at radius 3 is 2.16 bits per heavy atom. The Morgan fingerprint density at radius 2 is 1.68 bits per heavy atom. The normalized spacial score (nSPS) is 15.7. The van der Waals surface area contributed by atoms with Gasteiger partial charge in [-0.15, -0.1) is 0 Å². The lowest BCUT2D eigenvalue weighted by molar-refractivity contribution is 0.589. The van der Waals surface area contributed by atoms with Crippen molar-refractivity contribution < 1.29 is 0 Å². The molecule has 0 fully saturated rings. The number of aliphatic imine (C=N–C) groups is 1. The second-order valence-electron chi connectivity index (χ2n) is 6.68. The van der Waals surface area contributed by atoms with Crippen LogP contribution < -0.4 is 0 Å².